The summed E-state index contributed by atoms with van der Waals surface area (Å²) in [6.07, 6.45) is 0.744. The van der Waals surface area contributed by atoms with Crippen LogP contribution >= 0.6 is 0 Å². The zero-order valence-electron chi connectivity index (χ0n) is 11.7. The summed E-state index contributed by atoms with van der Waals surface area (Å²) in [6.45, 7) is 6.59. The van der Waals surface area contributed by atoms with Crippen LogP contribution < -0.4 is 11.1 Å². The molecule has 0 aliphatic heterocycles. The maximum atomic E-state index is 12.8. The highest BCUT2D eigenvalue weighted by Gasteiger charge is 2.23. The Morgan fingerprint density at radius 1 is 1.42 bits per heavy atom. The second-order valence-corrected chi connectivity index (χ2v) is 5.35. The Hall–Kier alpha value is -1.62. The molecule has 106 valence electrons. The van der Waals surface area contributed by atoms with Gasteiger partial charge in [-0.2, -0.15) is 0 Å². The Balaban J connectivity index is 2.47. The van der Waals surface area contributed by atoms with Gasteiger partial charge in [-0.05, 0) is 37.6 Å². The largest absolute Gasteiger partial charge is 0.409 e. The van der Waals surface area contributed by atoms with Gasteiger partial charge in [0.15, 0.2) is 0 Å². The summed E-state index contributed by atoms with van der Waals surface area (Å²) in [4.78, 5) is 0. The maximum absolute atomic E-state index is 12.8. The second kappa shape index (κ2) is 6.52. The third kappa shape index (κ3) is 4.52. The molecule has 0 saturated heterocycles. The Labute approximate surface area is 113 Å². The lowest BCUT2D eigenvalue weighted by Gasteiger charge is -2.24. The molecule has 1 rings (SSSR count). The molecule has 1 aromatic carbocycles. The number of nitrogens with one attached hydrogen (secondary N) is 1. The number of nitrogens with zero attached hydrogens (tertiary/aromatic N) is 1. The summed E-state index contributed by atoms with van der Waals surface area (Å²) >= 11 is 0. The van der Waals surface area contributed by atoms with Crippen molar-refractivity contribution in [1.29, 1.82) is 0 Å². The number of nitrogens with two attached hydrogens (primary N) is 1. The van der Waals surface area contributed by atoms with Gasteiger partial charge in [-0.1, -0.05) is 31.1 Å². The van der Waals surface area contributed by atoms with E-state index in [0.29, 0.717) is 0 Å². The summed E-state index contributed by atoms with van der Waals surface area (Å²) in [5, 5.41) is 15.1. The standard InChI is InChI=1S/C14H22FN3O/c1-10(11-4-6-12(15)7-5-11)17-9-8-14(2,3)13(16)18-19/h4-7,10,17,19H,8-9H2,1-3H3,(H2,16,18)/t10-/m0/s1. The minimum absolute atomic E-state index is 0.128. The van der Waals surface area contributed by atoms with E-state index in [4.69, 9.17) is 10.9 Å². The molecule has 0 aliphatic rings. The predicted molar refractivity (Wildman–Crippen MR) is 74.6 cm³/mol. The van der Waals surface area contributed by atoms with E-state index in [1.165, 1.54) is 12.1 Å². The van der Waals surface area contributed by atoms with E-state index in [1.54, 1.807) is 12.1 Å². The van der Waals surface area contributed by atoms with E-state index in [-0.39, 0.29) is 23.1 Å². The molecule has 0 aliphatic carbocycles. The van der Waals surface area contributed by atoms with Crippen LogP contribution in [0.5, 0.6) is 0 Å². The lowest BCUT2D eigenvalue weighted by Crippen LogP contribution is -2.35. The fourth-order valence-corrected chi connectivity index (χ4v) is 1.73. The SMILES string of the molecule is C[C@H](NCCC(C)(C)/C(N)=N/O)c1ccc(F)cc1. The van der Waals surface area contributed by atoms with Gasteiger partial charge in [0, 0.05) is 11.5 Å². The molecule has 0 aromatic heterocycles. The molecule has 0 heterocycles. The van der Waals surface area contributed by atoms with Crippen molar-refractivity contribution in [3.63, 3.8) is 0 Å². The predicted octanol–water partition coefficient (Wildman–Crippen LogP) is 2.64. The number of hydrogen-bond acceptors (Lipinski definition) is 3. The van der Waals surface area contributed by atoms with Gasteiger partial charge in [-0.15, -0.1) is 0 Å². The van der Waals surface area contributed by atoms with Crippen LogP contribution in [-0.4, -0.2) is 17.6 Å². The highest BCUT2D eigenvalue weighted by molar-refractivity contribution is 5.85. The number of benzene rings is 1. The molecule has 0 spiro atoms. The van der Waals surface area contributed by atoms with E-state index in [2.05, 4.69) is 10.5 Å². The molecule has 0 amide bonds. The molecule has 1 aromatic rings. The van der Waals surface area contributed by atoms with Crippen LogP contribution in [0.2, 0.25) is 0 Å². The van der Waals surface area contributed by atoms with Crippen LogP contribution in [0.3, 0.4) is 0 Å². The summed E-state index contributed by atoms with van der Waals surface area (Å²) in [5.41, 5.74) is 6.30. The van der Waals surface area contributed by atoms with Crippen LogP contribution in [0.15, 0.2) is 29.4 Å². The average molecular weight is 267 g/mol. The first-order valence-corrected chi connectivity index (χ1v) is 6.33. The molecule has 4 N–H and O–H groups in total. The molecule has 0 unspecified atom stereocenters. The molecular formula is C14H22FN3O. The molecule has 1 atom stereocenters. The smallest absolute Gasteiger partial charge is 0.144 e. The first-order chi connectivity index (χ1) is 8.86. The maximum Gasteiger partial charge on any atom is 0.144 e. The molecular weight excluding hydrogens is 245 g/mol. The minimum atomic E-state index is -0.357. The van der Waals surface area contributed by atoms with Crippen molar-refractivity contribution >= 4 is 5.84 Å². The molecule has 0 fully saturated rings. The summed E-state index contributed by atoms with van der Waals surface area (Å²) in [6, 6.07) is 6.56. The molecule has 0 radical (unpaired) electrons. The van der Waals surface area contributed by atoms with Crippen molar-refractivity contribution in [2.24, 2.45) is 16.3 Å². The van der Waals surface area contributed by atoms with Crippen LogP contribution in [-0.2, 0) is 0 Å². The Morgan fingerprint density at radius 2 is 2.00 bits per heavy atom. The Kier molecular flexibility index (Phi) is 5.30. The monoisotopic (exact) mass is 267 g/mol. The lowest BCUT2D eigenvalue weighted by molar-refractivity contribution is 0.304. The van der Waals surface area contributed by atoms with Gasteiger partial charge >= 0.3 is 0 Å². The van der Waals surface area contributed by atoms with Gasteiger partial charge in [0.1, 0.15) is 11.7 Å². The van der Waals surface area contributed by atoms with Crippen molar-refractivity contribution in [1.82, 2.24) is 5.32 Å². The van der Waals surface area contributed by atoms with E-state index in [1.807, 2.05) is 20.8 Å². The first kappa shape index (κ1) is 15.4. The van der Waals surface area contributed by atoms with Gasteiger partial charge in [-0.3, -0.25) is 0 Å². The average Bonchev–Trinajstić information content (AvgIpc) is 2.38. The van der Waals surface area contributed by atoms with Crippen LogP contribution in [0, 0.1) is 11.2 Å². The lowest BCUT2D eigenvalue weighted by atomic mass is 9.88. The van der Waals surface area contributed by atoms with E-state index >= 15 is 0 Å². The Morgan fingerprint density at radius 3 is 2.53 bits per heavy atom. The van der Waals surface area contributed by atoms with Crippen molar-refractivity contribution in [2.75, 3.05) is 6.54 Å². The number of hydrogen-bond donors (Lipinski definition) is 3. The molecule has 0 saturated carbocycles. The number of halogens is 1. The van der Waals surface area contributed by atoms with Gasteiger partial charge < -0.3 is 16.3 Å². The quantitative estimate of drug-likeness (QED) is 0.321. The zero-order valence-corrected chi connectivity index (χ0v) is 11.7. The second-order valence-electron chi connectivity index (χ2n) is 5.35. The number of rotatable bonds is 6. The topological polar surface area (TPSA) is 70.6 Å². The third-order valence-corrected chi connectivity index (χ3v) is 3.37. The number of oxime groups is 1. The molecule has 5 heteroatoms. The van der Waals surface area contributed by atoms with E-state index < -0.39 is 0 Å². The number of amidine groups is 1. The minimum Gasteiger partial charge on any atom is -0.409 e. The molecule has 19 heavy (non-hydrogen) atoms. The zero-order chi connectivity index (χ0) is 14.5. The van der Waals surface area contributed by atoms with E-state index in [9.17, 15) is 4.39 Å². The van der Waals surface area contributed by atoms with Gasteiger partial charge in [0.25, 0.3) is 0 Å². The van der Waals surface area contributed by atoms with Crippen molar-refractivity contribution in [2.45, 2.75) is 33.2 Å². The molecule has 4 nitrogen and oxygen atoms in total. The summed E-state index contributed by atoms with van der Waals surface area (Å²) in [5.74, 6) is -0.00671. The highest BCUT2D eigenvalue weighted by Crippen LogP contribution is 2.20. The third-order valence-electron chi connectivity index (χ3n) is 3.37. The fourth-order valence-electron chi connectivity index (χ4n) is 1.73. The Bertz CT molecular complexity index is 429. The van der Waals surface area contributed by atoms with Crippen molar-refractivity contribution < 1.29 is 9.60 Å². The normalized spacial score (nSPS) is 14.4. The summed E-state index contributed by atoms with van der Waals surface area (Å²) < 4.78 is 12.8. The first-order valence-electron chi connectivity index (χ1n) is 6.33. The van der Waals surface area contributed by atoms with Crippen LogP contribution in [0.1, 0.15) is 38.8 Å². The molecule has 0 bridgehead atoms. The van der Waals surface area contributed by atoms with Gasteiger partial charge in [0.2, 0.25) is 0 Å². The van der Waals surface area contributed by atoms with Crippen LogP contribution in [0.25, 0.3) is 0 Å². The van der Waals surface area contributed by atoms with Crippen molar-refractivity contribution in [3.05, 3.63) is 35.6 Å². The van der Waals surface area contributed by atoms with Gasteiger partial charge in [-0.25, -0.2) is 4.39 Å². The highest BCUT2D eigenvalue weighted by atomic mass is 19.1. The van der Waals surface area contributed by atoms with Gasteiger partial charge in [0.05, 0.1) is 0 Å². The van der Waals surface area contributed by atoms with Crippen molar-refractivity contribution in [3.8, 4) is 0 Å². The summed E-state index contributed by atoms with van der Waals surface area (Å²) in [7, 11) is 0. The fraction of sp³-hybridized carbons (Fsp3) is 0.500. The van der Waals surface area contributed by atoms with E-state index in [0.717, 1.165) is 18.5 Å². The van der Waals surface area contributed by atoms with Crippen LogP contribution in [0.4, 0.5) is 4.39 Å².